The molecule has 4 amide bonds. The standard InChI is InChI=1S/C28H30N6O4/c1-19-14-20(2)26(30-15-19)31-10-12-32(13-11-31)27(36)22-6-9-24(29-16-22)33-18-25(35)34(28(33)37)17-21-4-7-23(38-3)8-5-21/h4-9,14-16H,10-13,17-18H2,1-3H3. The molecule has 0 saturated carbocycles. The Balaban J connectivity index is 1.20. The number of amides is 4. The highest BCUT2D eigenvalue weighted by molar-refractivity contribution is 6.11. The highest BCUT2D eigenvalue weighted by Crippen LogP contribution is 2.23. The number of benzene rings is 1. The average Bonchev–Trinajstić information content (AvgIpc) is 3.21. The highest BCUT2D eigenvalue weighted by Gasteiger charge is 2.37. The number of urea groups is 1. The van der Waals surface area contributed by atoms with Gasteiger partial charge in [-0.25, -0.2) is 14.8 Å². The molecule has 3 aromatic rings. The van der Waals surface area contributed by atoms with Crippen LogP contribution in [0.3, 0.4) is 0 Å². The average molecular weight is 515 g/mol. The number of carbonyl (C=O) groups is 3. The molecule has 4 heterocycles. The summed E-state index contributed by atoms with van der Waals surface area (Å²) in [6.45, 7) is 6.70. The SMILES string of the molecule is COc1ccc(CN2C(=O)CN(c3ccc(C(=O)N4CCN(c5ncc(C)cc5C)CC4)cn3)C2=O)cc1. The van der Waals surface area contributed by atoms with Crippen LogP contribution < -0.4 is 14.5 Å². The van der Waals surface area contributed by atoms with Crippen molar-refractivity contribution in [3.63, 3.8) is 0 Å². The van der Waals surface area contributed by atoms with Crippen LogP contribution in [0.25, 0.3) is 0 Å². The first-order valence-electron chi connectivity index (χ1n) is 12.5. The van der Waals surface area contributed by atoms with Crippen molar-refractivity contribution in [3.05, 3.63) is 77.1 Å². The second kappa shape index (κ2) is 10.5. The Hall–Kier alpha value is -4.47. The van der Waals surface area contributed by atoms with E-state index in [1.165, 1.54) is 16.0 Å². The van der Waals surface area contributed by atoms with Crippen LogP contribution in [0.4, 0.5) is 16.4 Å². The van der Waals surface area contributed by atoms with Gasteiger partial charge in [0.25, 0.3) is 11.8 Å². The molecule has 196 valence electrons. The lowest BCUT2D eigenvalue weighted by Gasteiger charge is -2.36. The number of carbonyl (C=O) groups excluding carboxylic acids is 3. The predicted molar refractivity (Wildman–Crippen MR) is 142 cm³/mol. The second-order valence-corrected chi connectivity index (χ2v) is 9.53. The third kappa shape index (κ3) is 5.02. The van der Waals surface area contributed by atoms with Gasteiger partial charge in [0, 0.05) is 38.6 Å². The molecule has 5 rings (SSSR count). The maximum atomic E-state index is 13.1. The molecule has 0 spiro atoms. The maximum Gasteiger partial charge on any atom is 0.333 e. The van der Waals surface area contributed by atoms with Gasteiger partial charge in [0.2, 0.25) is 0 Å². The Labute approximate surface area is 221 Å². The summed E-state index contributed by atoms with van der Waals surface area (Å²) in [5.74, 6) is 1.59. The molecule has 2 saturated heterocycles. The number of aryl methyl sites for hydroxylation is 2. The van der Waals surface area contributed by atoms with Gasteiger partial charge in [-0.15, -0.1) is 0 Å². The minimum Gasteiger partial charge on any atom is -0.497 e. The van der Waals surface area contributed by atoms with Gasteiger partial charge in [-0.05, 0) is 54.8 Å². The molecule has 38 heavy (non-hydrogen) atoms. The first-order chi connectivity index (χ1) is 18.3. The number of hydrogen-bond acceptors (Lipinski definition) is 7. The van der Waals surface area contributed by atoms with E-state index in [0.29, 0.717) is 43.3 Å². The molecule has 0 unspecified atom stereocenters. The number of ether oxygens (including phenoxy) is 1. The van der Waals surface area contributed by atoms with Gasteiger partial charge in [-0.2, -0.15) is 0 Å². The third-order valence-corrected chi connectivity index (χ3v) is 6.88. The lowest BCUT2D eigenvalue weighted by atomic mass is 10.2. The van der Waals surface area contributed by atoms with Crippen molar-refractivity contribution in [1.82, 2.24) is 19.8 Å². The van der Waals surface area contributed by atoms with Gasteiger partial charge in [-0.3, -0.25) is 19.4 Å². The molecule has 10 nitrogen and oxygen atoms in total. The zero-order valence-corrected chi connectivity index (χ0v) is 21.8. The Morgan fingerprint density at radius 2 is 1.68 bits per heavy atom. The molecule has 0 N–H and O–H groups in total. The second-order valence-electron chi connectivity index (χ2n) is 9.53. The predicted octanol–water partition coefficient (Wildman–Crippen LogP) is 3.03. The zero-order valence-electron chi connectivity index (χ0n) is 21.8. The van der Waals surface area contributed by atoms with E-state index in [1.54, 1.807) is 36.3 Å². The minimum absolute atomic E-state index is 0.0935. The quantitative estimate of drug-likeness (QED) is 0.466. The van der Waals surface area contributed by atoms with E-state index in [4.69, 9.17) is 4.74 Å². The lowest BCUT2D eigenvalue weighted by Crippen LogP contribution is -2.49. The van der Waals surface area contributed by atoms with E-state index >= 15 is 0 Å². The maximum absolute atomic E-state index is 13.1. The Morgan fingerprint density at radius 3 is 2.32 bits per heavy atom. The zero-order chi connectivity index (χ0) is 26.8. The van der Waals surface area contributed by atoms with Crippen LogP contribution in [0, 0.1) is 13.8 Å². The fourth-order valence-corrected chi connectivity index (χ4v) is 4.80. The number of methoxy groups -OCH3 is 1. The molecule has 10 heteroatoms. The number of pyridine rings is 2. The largest absolute Gasteiger partial charge is 0.497 e. The summed E-state index contributed by atoms with van der Waals surface area (Å²) in [6.07, 6.45) is 3.34. The molecular weight excluding hydrogens is 484 g/mol. The van der Waals surface area contributed by atoms with Gasteiger partial charge in [0.15, 0.2) is 0 Å². The van der Waals surface area contributed by atoms with Crippen molar-refractivity contribution < 1.29 is 19.1 Å². The molecule has 0 aliphatic carbocycles. The molecular formula is C28H30N6O4. The van der Waals surface area contributed by atoms with Crippen molar-refractivity contribution in [2.75, 3.05) is 49.6 Å². The topological polar surface area (TPSA) is 99.2 Å². The summed E-state index contributed by atoms with van der Waals surface area (Å²) in [5, 5.41) is 0. The molecule has 0 atom stereocenters. The normalized spacial score (nSPS) is 15.9. The van der Waals surface area contributed by atoms with E-state index in [0.717, 1.165) is 22.5 Å². The molecule has 2 aliphatic rings. The summed E-state index contributed by atoms with van der Waals surface area (Å²) >= 11 is 0. The minimum atomic E-state index is -0.437. The van der Waals surface area contributed by atoms with Gasteiger partial charge in [-0.1, -0.05) is 18.2 Å². The smallest absolute Gasteiger partial charge is 0.333 e. The van der Waals surface area contributed by atoms with E-state index in [1.807, 2.05) is 25.3 Å². The molecule has 1 aromatic carbocycles. The van der Waals surface area contributed by atoms with Gasteiger partial charge in [0.1, 0.15) is 23.9 Å². The number of hydrogen-bond donors (Lipinski definition) is 0. The van der Waals surface area contributed by atoms with Crippen molar-refractivity contribution in [2.45, 2.75) is 20.4 Å². The fourth-order valence-electron chi connectivity index (χ4n) is 4.80. The van der Waals surface area contributed by atoms with E-state index < -0.39 is 6.03 Å². The number of nitrogens with zero attached hydrogens (tertiary/aromatic N) is 6. The van der Waals surface area contributed by atoms with Crippen molar-refractivity contribution in [2.24, 2.45) is 0 Å². The molecule has 2 fully saturated rings. The van der Waals surface area contributed by atoms with Crippen molar-refractivity contribution in [1.29, 1.82) is 0 Å². The van der Waals surface area contributed by atoms with E-state index in [-0.39, 0.29) is 24.9 Å². The van der Waals surface area contributed by atoms with Crippen molar-refractivity contribution >= 4 is 29.5 Å². The number of anilines is 2. The monoisotopic (exact) mass is 514 g/mol. The Kier molecular flexibility index (Phi) is 6.95. The van der Waals surface area contributed by atoms with Crippen LogP contribution in [0.2, 0.25) is 0 Å². The van der Waals surface area contributed by atoms with Crippen LogP contribution in [0.1, 0.15) is 27.0 Å². The molecule has 0 bridgehead atoms. The number of imide groups is 1. The fraction of sp³-hybridized carbons (Fsp3) is 0.321. The first-order valence-corrected chi connectivity index (χ1v) is 12.5. The van der Waals surface area contributed by atoms with E-state index in [2.05, 4.69) is 27.9 Å². The van der Waals surface area contributed by atoms with Crippen LogP contribution in [-0.2, 0) is 11.3 Å². The number of piperazine rings is 1. The molecule has 2 aliphatic heterocycles. The summed E-state index contributed by atoms with van der Waals surface area (Å²) in [5.41, 5.74) is 3.51. The van der Waals surface area contributed by atoms with Crippen LogP contribution in [0.5, 0.6) is 5.75 Å². The number of rotatable bonds is 6. The molecule has 0 radical (unpaired) electrons. The van der Waals surface area contributed by atoms with Crippen LogP contribution >= 0.6 is 0 Å². The summed E-state index contributed by atoms with van der Waals surface area (Å²) in [7, 11) is 1.58. The van der Waals surface area contributed by atoms with Gasteiger partial charge < -0.3 is 14.5 Å². The van der Waals surface area contributed by atoms with Gasteiger partial charge >= 0.3 is 6.03 Å². The first kappa shape index (κ1) is 25.2. The summed E-state index contributed by atoms with van der Waals surface area (Å²) in [6, 6.07) is 12.2. The van der Waals surface area contributed by atoms with Gasteiger partial charge in [0.05, 0.1) is 19.2 Å². The highest BCUT2D eigenvalue weighted by atomic mass is 16.5. The lowest BCUT2D eigenvalue weighted by molar-refractivity contribution is -0.125. The Bertz CT molecular complexity index is 1350. The van der Waals surface area contributed by atoms with Crippen molar-refractivity contribution in [3.8, 4) is 5.75 Å². The molecule has 2 aromatic heterocycles. The van der Waals surface area contributed by atoms with Crippen LogP contribution in [0.15, 0.2) is 54.9 Å². The van der Waals surface area contributed by atoms with Crippen LogP contribution in [-0.4, -0.2) is 77.4 Å². The summed E-state index contributed by atoms with van der Waals surface area (Å²) in [4.78, 5) is 54.1. The summed E-state index contributed by atoms with van der Waals surface area (Å²) < 4.78 is 5.16. The number of aromatic nitrogens is 2. The van der Waals surface area contributed by atoms with E-state index in [9.17, 15) is 14.4 Å². The third-order valence-electron chi connectivity index (χ3n) is 6.88. The Morgan fingerprint density at radius 1 is 0.947 bits per heavy atom.